The van der Waals surface area contributed by atoms with Crippen LogP contribution in [0.25, 0.3) is 0 Å². The summed E-state index contributed by atoms with van der Waals surface area (Å²) in [6.07, 6.45) is 0.758. The molecule has 0 heterocycles. The van der Waals surface area contributed by atoms with Crippen LogP contribution in [0.15, 0.2) is 18.2 Å². The number of methoxy groups -OCH3 is 1. The summed E-state index contributed by atoms with van der Waals surface area (Å²) in [6.45, 7) is 4.61. The average molecular weight is 294 g/mol. The first-order valence-corrected chi connectivity index (χ1v) is 7.15. The van der Waals surface area contributed by atoms with Gasteiger partial charge in [-0.1, -0.05) is 19.9 Å². The Balaban J connectivity index is 2.74. The van der Waals surface area contributed by atoms with E-state index in [4.69, 9.17) is 4.74 Å². The number of phenolic OH excluding ortho intramolecular Hbond substituents is 1. The van der Waals surface area contributed by atoms with Crippen LogP contribution in [0.1, 0.15) is 25.8 Å². The molecular formula is C16H26N2O3. The lowest BCUT2D eigenvalue weighted by molar-refractivity contribution is -0.131. The Morgan fingerprint density at radius 3 is 2.52 bits per heavy atom. The summed E-state index contributed by atoms with van der Waals surface area (Å²) in [4.78, 5) is 13.8. The van der Waals surface area contributed by atoms with Crippen LogP contribution < -0.4 is 10.1 Å². The van der Waals surface area contributed by atoms with E-state index in [-0.39, 0.29) is 17.7 Å². The number of nitrogens with zero attached hydrogens (tertiary/aromatic N) is 1. The molecule has 0 saturated carbocycles. The summed E-state index contributed by atoms with van der Waals surface area (Å²) in [6, 6.07) is 4.92. The first-order valence-electron chi connectivity index (χ1n) is 7.15. The van der Waals surface area contributed by atoms with Crippen LogP contribution in [0.2, 0.25) is 0 Å². The number of hydrogen-bond donors (Lipinski definition) is 2. The van der Waals surface area contributed by atoms with Crippen molar-refractivity contribution in [3.8, 4) is 11.5 Å². The van der Waals surface area contributed by atoms with Crippen LogP contribution in [0.4, 0.5) is 0 Å². The van der Waals surface area contributed by atoms with Crippen molar-refractivity contribution < 1.29 is 14.6 Å². The first kappa shape index (κ1) is 17.3. The van der Waals surface area contributed by atoms with Crippen molar-refractivity contribution in [1.82, 2.24) is 10.2 Å². The van der Waals surface area contributed by atoms with Gasteiger partial charge in [0.1, 0.15) is 11.5 Å². The maximum absolute atomic E-state index is 12.2. The van der Waals surface area contributed by atoms with Gasteiger partial charge in [-0.05, 0) is 18.4 Å². The van der Waals surface area contributed by atoms with Gasteiger partial charge in [0.15, 0.2) is 0 Å². The standard InChI is InChI=1S/C16H26N2O3/c1-11(2)8-14(16(20)18(3)4)17-10-12-6-7-13(21-5)9-15(12)19/h6-7,9,11,14,17,19H,8,10H2,1-5H3. The van der Waals surface area contributed by atoms with Gasteiger partial charge >= 0.3 is 0 Å². The minimum atomic E-state index is -0.249. The van der Waals surface area contributed by atoms with E-state index in [9.17, 15) is 9.90 Å². The maximum atomic E-state index is 12.2. The van der Waals surface area contributed by atoms with Crippen molar-refractivity contribution in [2.75, 3.05) is 21.2 Å². The van der Waals surface area contributed by atoms with E-state index in [1.54, 1.807) is 44.3 Å². The molecular weight excluding hydrogens is 268 g/mol. The molecule has 1 aromatic rings. The molecule has 0 spiro atoms. The zero-order chi connectivity index (χ0) is 16.0. The largest absolute Gasteiger partial charge is 0.507 e. The number of likely N-dealkylation sites (N-methyl/N-ethyl adjacent to an activating group) is 1. The normalized spacial score (nSPS) is 12.3. The van der Waals surface area contributed by atoms with Gasteiger partial charge in [-0.3, -0.25) is 4.79 Å². The van der Waals surface area contributed by atoms with Crippen LogP contribution in [-0.4, -0.2) is 43.2 Å². The molecule has 0 aliphatic heterocycles. The van der Waals surface area contributed by atoms with Crippen LogP contribution in [0, 0.1) is 5.92 Å². The summed E-state index contributed by atoms with van der Waals surface area (Å²) in [5, 5.41) is 13.2. The van der Waals surface area contributed by atoms with Crippen molar-refractivity contribution in [3.63, 3.8) is 0 Å². The van der Waals surface area contributed by atoms with Crippen molar-refractivity contribution in [1.29, 1.82) is 0 Å². The summed E-state index contributed by atoms with van der Waals surface area (Å²) < 4.78 is 5.06. The SMILES string of the molecule is COc1ccc(CNC(CC(C)C)C(=O)N(C)C)c(O)c1. The Morgan fingerprint density at radius 2 is 2.05 bits per heavy atom. The highest BCUT2D eigenvalue weighted by atomic mass is 16.5. The number of nitrogens with one attached hydrogen (secondary N) is 1. The molecule has 21 heavy (non-hydrogen) atoms. The number of carbonyl (C=O) groups excluding carboxylic acids is 1. The van der Waals surface area contributed by atoms with Gasteiger partial charge in [0.25, 0.3) is 0 Å². The van der Waals surface area contributed by atoms with Gasteiger partial charge in [0.05, 0.1) is 13.2 Å². The molecule has 0 fully saturated rings. The highest BCUT2D eigenvalue weighted by Gasteiger charge is 2.21. The molecule has 5 heteroatoms. The van der Waals surface area contributed by atoms with Gasteiger partial charge in [-0.2, -0.15) is 0 Å². The Labute approximate surface area is 126 Å². The number of phenols is 1. The first-order chi connectivity index (χ1) is 9.85. The third-order valence-corrected chi connectivity index (χ3v) is 3.28. The fourth-order valence-electron chi connectivity index (χ4n) is 2.11. The summed E-state index contributed by atoms with van der Waals surface area (Å²) in [5.74, 6) is 1.24. The van der Waals surface area contributed by atoms with Crippen LogP contribution in [-0.2, 0) is 11.3 Å². The van der Waals surface area contributed by atoms with E-state index < -0.39 is 0 Å². The number of ether oxygens (including phenoxy) is 1. The van der Waals surface area contributed by atoms with Gasteiger partial charge in [-0.25, -0.2) is 0 Å². The van der Waals surface area contributed by atoms with Crippen molar-refractivity contribution in [3.05, 3.63) is 23.8 Å². The fraction of sp³-hybridized carbons (Fsp3) is 0.562. The number of aromatic hydroxyl groups is 1. The monoisotopic (exact) mass is 294 g/mol. The van der Waals surface area contributed by atoms with Crippen molar-refractivity contribution >= 4 is 5.91 Å². The molecule has 0 aliphatic carbocycles. The average Bonchev–Trinajstić information content (AvgIpc) is 2.43. The molecule has 0 aliphatic rings. The van der Waals surface area contributed by atoms with E-state index in [1.165, 1.54) is 0 Å². The lowest BCUT2D eigenvalue weighted by Crippen LogP contribution is -2.44. The zero-order valence-corrected chi connectivity index (χ0v) is 13.5. The third-order valence-electron chi connectivity index (χ3n) is 3.28. The molecule has 1 aromatic carbocycles. The smallest absolute Gasteiger partial charge is 0.239 e. The Hall–Kier alpha value is -1.75. The predicted octanol–water partition coefficient (Wildman–Crippen LogP) is 1.99. The lowest BCUT2D eigenvalue weighted by Gasteiger charge is -2.23. The molecule has 0 radical (unpaired) electrons. The van der Waals surface area contributed by atoms with Crippen LogP contribution in [0.5, 0.6) is 11.5 Å². The van der Waals surface area contributed by atoms with E-state index >= 15 is 0 Å². The number of amides is 1. The van der Waals surface area contributed by atoms with E-state index in [2.05, 4.69) is 19.2 Å². The van der Waals surface area contributed by atoms with Crippen molar-refractivity contribution in [2.24, 2.45) is 5.92 Å². The van der Waals surface area contributed by atoms with E-state index in [1.807, 2.05) is 0 Å². The van der Waals surface area contributed by atoms with E-state index in [0.717, 1.165) is 12.0 Å². The molecule has 0 aromatic heterocycles. The zero-order valence-electron chi connectivity index (χ0n) is 13.5. The number of benzene rings is 1. The third kappa shape index (κ3) is 5.27. The van der Waals surface area contributed by atoms with Crippen LogP contribution in [0.3, 0.4) is 0 Å². The Bertz CT molecular complexity index is 473. The second kappa shape index (κ2) is 7.88. The molecule has 118 valence electrons. The maximum Gasteiger partial charge on any atom is 0.239 e. The highest BCUT2D eigenvalue weighted by Crippen LogP contribution is 2.23. The summed E-state index contributed by atoms with van der Waals surface area (Å²) >= 11 is 0. The van der Waals surface area contributed by atoms with Crippen LogP contribution >= 0.6 is 0 Å². The molecule has 1 rings (SSSR count). The molecule has 0 bridgehead atoms. The van der Waals surface area contributed by atoms with E-state index in [0.29, 0.717) is 18.2 Å². The lowest BCUT2D eigenvalue weighted by atomic mass is 10.0. The van der Waals surface area contributed by atoms with Gasteiger partial charge in [0.2, 0.25) is 5.91 Å². The molecule has 1 unspecified atom stereocenters. The second-order valence-corrected chi connectivity index (χ2v) is 5.79. The molecule has 1 amide bonds. The van der Waals surface area contributed by atoms with Crippen molar-refractivity contribution in [2.45, 2.75) is 32.9 Å². The Morgan fingerprint density at radius 1 is 1.38 bits per heavy atom. The molecule has 0 saturated heterocycles. The van der Waals surface area contributed by atoms with Gasteiger partial charge < -0.3 is 20.1 Å². The predicted molar refractivity (Wildman–Crippen MR) is 83.4 cm³/mol. The number of carbonyl (C=O) groups is 1. The summed E-state index contributed by atoms with van der Waals surface area (Å²) in [5.41, 5.74) is 0.746. The minimum Gasteiger partial charge on any atom is -0.507 e. The second-order valence-electron chi connectivity index (χ2n) is 5.79. The van der Waals surface area contributed by atoms with Gasteiger partial charge in [0, 0.05) is 32.3 Å². The highest BCUT2D eigenvalue weighted by molar-refractivity contribution is 5.81. The quantitative estimate of drug-likeness (QED) is 0.807. The Kier molecular flexibility index (Phi) is 6.49. The van der Waals surface area contributed by atoms with Gasteiger partial charge in [-0.15, -0.1) is 0 Å². The summed E-state index contributed by atoms with van der Waals surface area (Å²) in [7, 11) is 5.06. The number of hydrogen-bond acceptors (Lipinski definition) is 4. The molecule has 2 N–H and O–H groups in total. The number of rotatable bonds is 7. The minimum absolute atomic E-state index is 0.0525. The topological polar surface area (TPSA) is 61.8 Å². The fourth-order valence-corrected chi connectivity index (χ4v) is 2.11. The molecule has 1 atom stereocenters. The molecule has 5 nitrogen and oxygen atoms in total.